The fourth-order valence-corrected chi connectivity index (χ4v) is 4.95. The third kappa shape index (κ3) is 4.08. The number of aromatic hydroxyl groups is 1. The van der Waals surface area contributed by atoms with Gasteiger partial charge in [0.1, 0.15) is 5.01 Å². The Morgan fingerprint density at radius 2 is 1.97 bits per heavy atom. The average molecular weight is 454 g/mol. The van der Waals surface area contributed by atoms with E-state index in [2.05, 4.69) is 29.2 Å². The van der Waals surface area contributed by atoms with Crippen LogP contribution in [0.25, 0.3) is 10.6 Å². The minimum absolute atomic E-state index is 0.0113. The first-order valence-electron chi connectivity index (χ1n) is 10.6. The lowest BCUT2D eigenvalue weighted by molar-refractivity contribution is 0.0511. The lowest BCUT2D eigenvalue weighted by atomic mass is 10.1. The first-order chi connectivity index (χ1) is 15.3. The van der Waals surface area contributed by atoms with Crippen LogP contribution in [-0.2, 0) is 11.2 Å². The molecule has 168 valence electrons. The molecular weight excluding hydrogens is 426 g/mol. The van der Waals surface area contributed by atoms with Crippen molar-refractivity contribution in [3.8, 4) is 16.3 Å². The van der Waals surface area contributed by atoms with E-state index in [1.165, 1.54) is 16.9 Å². The number of nitrogens with zero attached hydrogens (tertiary/aromatic N) is 3. The number of methoxy groups -OCH3 is 1. The number of benzene rings is 1. The first-order valence-corrected chi connectivity index (χ1v) is 11.4. The Morgan fingerprint density at radius 1 is 1.25 bits per heavy atom. The Labute approximate surface area is 190 Å². The summed E-state index contributed by atoms with van der Waals surface area (Å²) in [6, 6.07) is 8.02. The van der Waals surface area contributed by atoms with Crippen LogP contribution in [-0.4, -0.2) is 51.8 Å². The van der Waals surface area contributed by atoms with Crippen molar-refractivity contribution in [1.29, 1.82) is 0 Å². The van der Waals surface area contributed by atoms with E-state index in [-0.39, 0.29) is 23.7 Å². The smallest absolute Gasteiger partial charge is 0.274 e. The van der Waals surface area contributed by atoms with Crippen molar-refractivity contribution in [2.75, 3.05) is 20.3 Å². The van der Waals surface area contributed by atoms with E-state index in [9.17, 15) is 14.7 Å². The predicted molar refractivity (Wildman–Crippen MR) is 125 cm³/mol. The summed E-state index contributed by atoms with van der Waals surface area (Å²) in [7, 11) is 1.59. The number of amides is 1. The van der Waals surface area contributed by atoms with Crippen molar-refractivity contribution in [3.05, 3.63) is 68.6 Å². The predicted octanol–water partition coefficient (Wildman–Crippen LogP) is 3.63. The second-order valence-electron chi connectivity index (χ2n) is 8.43. The van der Waals surface area contributed by atoms with E-state index in [0.717, 1.165) is 10.4 Å². The largest absolute Gasteiger partial charge is 0.503 e. The summed E-state index contributed by atoms with van der Waals surface area (Å²) in [5.74, 6) is -0.887. The van der Waals surface area contributed by atoms with E-state index in [1.54, 1.807) is 29.0 Å². The number of aryl methyl sites for hydroxylation is 1. The molecular formula is C24H27N3O4S. The van der Waals surface area contributed by atoms with Gasteiger partial charge in [-0.15, -0.1) is 11.3 Å². The number of hydrogen-bond donors (Lipinski definition) is 1. The van der Waals surface area contributed by atoms with Gasteiger partial charge < -0.3 is 19.3 Å². The number of carbonyl (C=O) groups excluding carboxylic acids is 1. The van der Waals surface area contributed by atoms with Crippen molar-refractivity contribution < 1.29 is 14.6 Å². The number of fused-ring (bicyclic) bond motifs is 1. The Bertz CT molecular complexity index is 1200. The van der Waals surface area contributed by atoms with Crippen molar-refractivity contribution >= 4 is 17.2 Å². The molecule has 4 rings (SSSR count). The molecule has 0 saturated carbocycles. The summed E-state index contributed by atoms with van der Waals surface area (Å²) < 4.78 is 7.04. The third-order valence-corrected chi connectivity index (χ3v) is 6.77. The van der Waals surface area contributed by atoms with Gasteiger partial charge in [-0.2, -0.15) is 0 Å². The zero-order valence-electron chi connectivity index (χ0n) is 18.7. The number of pyridine rings is 1. The molecule has 0 radical (unpaired) electrons. The zero-order valence-corrected chi connectivity index (χ0v) is 19.5. The highest BCUT2D eigenvalue weighted by Gasteiger charge is 2.36. The van der Waals surface area contributed by atoms with Gasteiger partial charge in [0, 0.05) is 43.4 Å². The van der Waals surface area contributed by atoms with E-state index in [0.29, 0.717) is 30.1 Å². The van der Waals surface area contributed by atoms with Crippen LogP contribution in [0.5, 0.6) is 5.75 Å². The number of thiazole rings is 1. The van der Waals surface area contributed by atoms with Crippen LogP contribution >= 0.6 is 11.3 Å². The van der Waals surface area contributed by atoms with Crippen LogP contribution in [0, 0.1) is 6.92 Å². The second-order valence-corrected chi connectivity index (χ2v) is 9.55. The van der Waals surface area contributed by atoms with Gasteiger partial charge in [0.2, 0.25) is 5.43 Å². The molecule has 3 aromatic rings. The van der Waals surface area contributed by atoms with Gasteiger partial charge in [0.25, 0.3) is 5.91 Å². The molecule has 2 aromatic heterocycles. The minimum Gasteiger partial charge on any atom is -0.503 e. The SMILES string of the molecule is COC[C@H]1CN(C(C)C)C(=O)c2c(O)c(=O)c(-c3ncc(Cc4ccc(C)cc4)s3)cn21. The monoisotopic (exact) mass is 453 g/mol. The molecule has 1 amide bonds. The standard InChI is InChI=1S/C24H27N3O4S/c1-14(2)26-11-17(13-31-4)27-12-19(21(28)22(29)20(27)24(26)30)23-25-10-18(32-23)9-16-7-5-15(3)6-8-16/h5-8,10,12,14,17,29H,9,11,13H2,1-4H3/t17-/m1/s1. The molecule has 0 aliphatic carbocycles. The normalized spacial score (nSPS) is 16.0. The quantitative estimate of drug-likeness (QED) is 0.616. The Hall–Kier alpha value is -2.97. The number of rotatable bonds is 6. The molecule has 8 heteroatoms. The lowest BCUT2D eigenvalue weighted by Crippen LogP contribution is -2.48. The maximum absolute atomic E-state index is 13.0. The molecule has 32 heavy (non-hydrogen) atoms. The molecule has 0 fully saturated rings. The highest BCUT2D eigenvalue weighted by atomic mass is 32.1. The van der Waals surface area contributed by atoms with Crippen LogP contribution < -0.4 is 5.43 Å². The molecule has 0 saturated heterocycles. The summed E-state index contributed by atoms with van der Waals surface area (Å²) in [4.78, 5) is 33.2. The minimum atomic E-state index is -0.581. The van der Waals surface area contributed by atoms with Crippen molar-refractivity contribution in [1.82, 2.24) is 14.5 Å². The summed E-state index contributed by atoms with van der Waals surface area (Å²) in [6.07, 6.45) is 4.12. The van der Waals surface area contributed by atoms with Crippen LogP contribution in [0.15, 0.2) is 41.5 Å². The van der Waals surface area contributed by atoms with Gasteiger partial charge in [-0.05, 0) is 26.3 Å². The second kappa shape index (κ2) is 8.88. The van der Waals surface area contributed by atoms with Gasteiger partial charge in [0.15, 0.2) is 11.4 Å². The number of ether oxygens (including phenoxy) is 1. The molecule has 1 aromatic carbocycles. The van der Waals surface area contributed by atoms with Crippen molar-refractivity contribution in [2.45, 2.75) is 39.3 Å². The highest BCUT2D eigenvalue weighted by Crippen LogP contribution is 2.32. The molecule has 1 N–H and O–H groups in total. The summed E-state index contributed by atoms with van der Waals surface area (Å²) in [5.41, 5.74) is 2.08. The maximum Gasteiger partial charge on any atom is 0.274 e. The first kappa shape index (κ1) is 22.2. The summed E-state index contributed by atoms with van der Waals surface area (Å²) in [6.45, 7) is 6.65. The molecule has 1 aliphatic rings. The lowest BCUT2D eigenvalue weighted by Gasteiger charge is -2.38. The maximum atomic E-state index is 13.0. The number of hydrogen-bond acceptors (Lipinski definition) is 6. The third-order valence-electron chi connectivity index (χ3n) is 5.74. The van der Waals surface area contributed by atoms with Crippen LogP contribution in [0.4, 0.5) is 0 Å². The molecule has 7 nitrogen and oxygen atoms in total. The van der Waals surface area contributed by atoms with Crippen LogP contribution in [0.3, 0.4) is 0 Å². The number of carbonyl (C=O) groups is 1. The van der Waals surface area contributed by atoms with Gasteiger partial charge in [-0.3, -0.25) is 9.59 Å². The Balaban J connectivity index is 1.74. The zero-order chi connectivity index (χ0) is 23.0. The summed E-state index contributed by atoms with van der Waals surface area (Å²) in [5, 5.41) is 11.3. The van der Waals surface area contributed by atoms with Crippen molar-refractivity contribution in [3.63, 3.8) is 0 Å². The topological polar surface area (TPSA) is 84.7 Å². The van der Waals surface area contributed by atoms with Crippen molar-refractivity contribution in [2.24, 2.45) is 0 Å². The van der Waals surface area contributed by atoms with Crippen LogP contribution in [0.1, 0.15) is 46.4 Å². The fourth-order valence-electron chi connectivity index (χ4n) is 4.00. The van der Waals surface area contributed by atoms with E-state index < -0.39 is 11.2 Å². The van der Waals surface area contributed by atoms with Gasteiger partial charge in [-0.1, -0.05) is 29.8 Å². The average Bonchev–Trinajstić information content (AvgIpc) is 3.21. The van der Waals surface area contributed by atoms with Gasteiger partial charge in [0.05, 0.1) is 18.2 Å². The molecule has 0 spiro atoms. The number of aromatic nitrogens is 2. The molecule has 0 bridgehead atoms. The molecule has 0 unspecified atom stereocenters. The van der Waals surface area contributed by atoms with Gasteiger partial charge in [-0.25, -0.2) is 4.98 Å². The molecule has 1 atom stereocenters. The van der Waals surface area contributed by atoms with Gasteiger partial charge >= 0.3 is 0 Å². The molecule has 3 heterocycles. The summed E-state index contributed by atoms with van der Waals surface area (Å²) >= 11 is 1.42. The Morgan fingerprint density at radius 3 is 2.62 bits per heavy atom. The van der Waals surface area contributed by atoms with Crippen LogP contribution in [0.2, 0.25) is 0 Å². The molecule has 1 aliphatic heterocycles. The van der Waals surface area contributed by atoms with E-state index in [4.69, 9.17) is 4.74 Å². The van der Waals surface area contributed by atoms with E-state index in [1.807, 2.05) is 20.8 Å². The fraction of sp³-hybridized carbons (Fsp3) is 0.375. The highest BCUT2D eigenvalue weighted by molar-refractivity contribution is 7.15. The van der Waals surface area contributed by atoms with E-state index >= 15 is 0 Å². The Kier molecular flexibility index (Phi) is 6.17.